The molecule has 0 aliphatic carbocycles. The van der Waals surface area contributed by atoms with E-state index in [-0.39, 0.29) is 18.6 Å². The van der Waals surface area contributed by atoms with Gasteiger partial charge in [-0.25, -0.2) is 0 Å². The summed E-state index contributed by atoms with van der Waals surface area (Å²) in [5.41, 5.74) is 0. The van der Waals surface area contributed by atoms with Crippen molar-refractivity contribution in [3.63, 3.8) is 0 Å². The van der Waals surface area contributed by atoms with Crippen LogP contribution in [0.2, 0.25) is 0 Å². The summed E-state index contributed by atoms with van der Waals surface area (Å²) < 4.78 is 5.50. The first-order valence-corrected chi connectivity index (χ1v) is 5.92. The summed E-state index contributed by atoms with van der Waals surface area (Å²) in [6.45, 7) is 5.03. The molecule has 0 aromatic heterocycles. The van der Waals surface area contributed by atoms with Crippen LogP contribution in [0.15, 0.2) is 0 Å². The lowest BCUT2D eigenvalue weighted by atomic mass is 10.1. The Balaban J connectivity index is 2.00. The van der Waals surface area contributed by atoms with Crippen molar-refractivity contribution in [2.75, 3.05) is 26.2 Å². The molecule has 1 heterocycles. The van der Waals surface area contributed by atoms with Gasteiger partial charge in [0.05, 0.1) is 6.10 Å². The maximum absolute atomic E-state index is 11.3. The standard InChI is InChI=1S/C11H22N2O2/c1-2-3-7-13-11(14)9-15-10-5-4-6-12-8-10/h10,12H,2-9H2,1H3,(H,13,14)/t10-/m0/s1. The first-order valence-electron chi connectivity index (χ1n) is 5.92. The van der Waals surface area contributed by atoms with Crippen molar-refractivity contribution < 1.29 is 9.53 Å². The molecule has 1 saturated heterocycles. The van der Waals surface area contributed by atoms with Gasteiger partial charge in [-0.2, -0.15) is 0 Å². The van der Waals surface area contributed by atoms with Crippen LogP contribution in [0, 0.1) is 0 Å². The second kappa shape index (κ2) is 7.65. The number of amides is 1. The largest absolute Gasteiger partial charge is 0.367 e. The molecule has 1 aliphatic rings. The predicted octanol–water partition coefficient (Wildman–Crippen LogP) is 0.671. The molecule has 0 spiro atoms. The molecule has 2 N–H and O–H groups in total. The van der Waals surface area contributed by atoms with E-state index in [9.17, 15) is 4.79 Å². The minimum Gasteiger partial charge on any atom is -0.367 e. The number of piperidine rings is 1. The van der Waals surface area contributed by atoms with Crippen molar-refractivity contribution in [2.45, 2.75) is 38.7 Å². The molecule has 0 radical (unpaired) electrons. The summed E-state index contributed by atoms with van der Waals surface area (Å²) in [5.74, 6) is 0.00836. The molecule has 0 aromatic carbocycles. The second-order valence-corrected chi connectivity index (χ2v) is 3.98. The maximum atomic E-state index is 11.3. The summed E-state index contributed by atoms with van der Waals surface area (Å²) in [4.78, 5) is 11.3. The van der Waals surface area contributed by atoms with Crippen LogP contribution in [0.1, 0.15) is 32.6 Å². The zero-order valence-electron chi connectivity index (χ0n) is 9.55. The molecule has 0 unspecified atom stereocenters. The zero-order valence-corrected chi connectivity index (χ0v) is 9.55. The third-order valence-corrected chi connectivity index (χ3v) is 2.55. The lowest BCUT2D eigenvalue weighted by molar-refractivity contribution is -0.128. The molecule has 4 nitrogen and oxygen atoms in total. The van der Waals surface area contributed by atoms with Crippen molar-refractivity contribution in [1.82, 2.24) is 10.6 Å². The average Bonchev–Trinajstić information content (AvgIpc) is 2.28. The molecular weight excluding hydrogens is 192 g/mol. The Morgan fingerprint density at radius 2 is 2.47 bits per heavy atom. The van der Waals surface area contributed by atoms with E-state index in [0.29, 0.717) is 0 Å². The first-order chi connectivity index (χ1) is 7.33. The highest BCUT2D eigenvalue weighted by Crippen LogP contribution is 2.05. The summed E-state index contributed by atoms with van der Waals surface area (Å²) >= 11 is 0. The summed E-state index contributed by atoms with van der Waals surface area (Å²) in [6.07, 6.45) is 4.57. The Morgan fingerprint density at radius 1 is 1.60 bits per heavy atom. The van der Waals surface area contributed by atoms with Gasteiger partial charge in [0.15, 0.2) is 0 Å². The van der Waals surface area contributed by atoms with Gasteiger partial charge >= 0.3 is 0 Å². The van der Waals surface area contributed by atoms with Crippen LogP contribution >= 0.6 is 0 Å². The molecule has 1 amide bonds. The fourth-order valence-electron chi connectivity index (χ4n) is 1.61. The number of rotatable bonds is 6. The molecule has 1 aliphatic heterocycles. The Bertz CT molecular complexity index is 179. The molecule has 4 heteroatoms. The molecule has 1 rings (SSSR count). The van der Waals surface area contributed by atoms with Gasteiger partial charge in [-0.15, -0.1) is 0 Å². The van der Waals surface area contributed by atoms with Crippen molar-refractivity contribution in [3.8, 4) is 0 Å². The van der Waals surface area contributed by atoms with Gasteiger partial charge in [-0.05, 0) is 25.8 Å². The lowest BCUT2D eigenvalue weighted by Gasteiger charge is -2.22. The minimum atomic E-state index is 0.00836. The third kappa shape index (κ3) is 5.74. The first kappa shape index (κ1) is 12.5. The van der Waals surface area contributed by atoms with Crippen LogP contribution < -0.4 is 10.6 Å². The van der Waals surface area contributed by atoms with Crippen LogP contribution in [0.5, 0.6) is 0 Å². The molecule has 15 heavy (non-hydrogen) atoms. The van der Waals surface area contributed by atoms with Crippen LogP contribution in [0.3, 0.4) is 0 Å². The number of hydrogen-bond donors (Lipinski definition) is 2. The fraction of sp³-hybridized carbons (Fsp3) is 0.909. The average molecular weight is 214 g/mol. The number of hydrogen-bond acceptors (Lipinski definition) is 3. The van der Waals surface area contributed by atoms with Gasteiger partial charge in [0.2, 0.25) is 5.91 Å². The predicted molar refractivity (Wildman–Crippen MR) is 59.8 cm³/mol. The van der Waals surface area contributed by atoms with E-state index in [1.54, 1.807) is 0 Å². The smallest absolute Gasteiger partial charge is 0.246 e. The van der Waals surface area contributed by atoms with Gasteiger partial charge in [-0.3, -0.25) is 4.79 Å². The molecule has 88 valence electrons. The zero-order chi connectivity index (χ0) is 10.9. The molecule has 0 saturated carbocycles. The normalized spacial score (nSPS) is 21.3. The van der Waals surface area contributed by atoms with E-state index in [1.807, 2.05) is 0 Å². The van der Waals surface area contributed by atoms with Crippen molar-refractivity contribution >= 4 is 5.91 Å². The molecule has 0 bridgehead atoms. The highest BCUT2D eigenvalue weighted by Gasteiger charge is 2.14. The molecule has 0 aromatic rings. The van der Waals surface area contributed by atoms with Crippen LogP contribution in [-0.2, 0) is 9.53 Å². The topological polar surface area (TPSA) is 50.4 Å². The number of unbranched alkanes of at least 4 members (excludes halogenated alkanes) is 1. The number of carbonyl (C=O) groups excluding carboxylic acids is 1. The highest BCUT2D eigenvalue weighted by molar-refractivity contribution is 5.77. The van der Waals surface area contributed by atoms with E-state index in [2.05, 4.69) is 17.6 Å². The Hall–Kier alpha value is -0.610. The van der Waals surface area contributed by atoms with Crippen molar-refractivity contribution in [3.05, 3.63) is 0 Å². The quantitative estimate of drug-likeness (QED) is 0.639. The van der Waals surface area contributed by atoms with Gasteiger partial charge in [0.25, 0.3) is 0 Å². The SMILES string of the molecule is CCCCNC(=O)CO[C@H]1CCCNC1. The van der Waals surface area contributed by atoms with Gasteiger partial charge < -0.3 is 15.4 Å². The maximum Gasteiger partial charge on any atom is 0.246 e. The Kier molecular flexibility index (Phi) is 6.36. The van der Waals surface area contributed by atoms with Gasteiger partial charge in [0.1, 0.15) is 6.61 Å². The number of carbonyl (C=O) groups is 1. The van der Waals surface area contributed by atoms with E-state index >= 15 is 0 Å². The number of ether oxygens (including phenoxy) is 1. The minimum absolute atomic E-state index is 0.00836. The van der Waals surface area contributed by atoms with Crippen molar-refractivity contribution in [2.24, 2.45) is 0 Å². The summed E-state index contributed by atoms with van der Waals surface area (Å²) in [5, 5.41) is 6.09. The van der Waals surface area contributed by atoms with E-state index in [4.69, 9.17) is 4.74 Å². The monoisotopic (exact) mass is 214 g/mol. The Morgan fingerprint density at radius 3 is 3.13 bits per heavy atom. The second-order valence-electron chi connectivity index (χ2n) is 3.98. The Labute approximate surface area is 91.8 Å². The molecular formula is C11H22N2O2. The van der Waals surface area contributed by atoms with E-state index in [1.165, 1.54) is 0 Å². The molecule has 1 atom stereocenters. The lowest BCUT2D eigenvalue weighted by Crippen LogP contribution is -2.38. The van der Waals surface area contributed by atoms with E-state index < -0.39 is 0 Å². The van der Waals surface area contributed by atoms with Crippen molar-refractivity contribution in [1.29, 1.82) is 0 Å². The van der Waals surface area contributed by atoms with Crippen LogP contribution in [0.4, 0.5) is 0 Å². The fourth-order valence-corrected chi connectivity index (χ4v) is 1.61. The highest BCUT2D eigenvalue weighted by atomic mass is 16.5. The van der Waals surface area contributed by atoms with Gasteiger partial charge in [0, 0.05) is 13.1 Å². The molecule has 1 fully saturated rings. The van der Waals surface area contributed by atoms with E-state index in [0.717, 1.165) is 45.3 Å². The summed E-state index contributed by atoms with van der Waals surface area (Å²) in [7, 11) is 0. The third-order valence-electron chi connectivity index (χ3n) is 2.55. The number of nitrogens with one attached hydrogen (secondary N) is 2. The van der Waals surface area contributed by atoms with Crippen LogP contribution in [-0.4, -0.2) is 38.3 Å². The summed E-state index contributed by atoms with van der Waals surface area (Å²) in [6, 6.07) is 0. The van der Waals surface area contributed by atoms with Crippen LogP contribution in [0.25, 0.3) is 0 Å². The van der Waals surface area contributed by atoms with Gasteiger partial charge in [-0.1, -0.05) is 13.3 Å².